The van der Waals surface area contributed by atoms with E-state index in [1.165, 1.54) is 6.92 Å². The van der Waals surface area contributed by atoms with E-state index in [0.29, 0.717) is 5.69 Å². The van der Waals surface area contributed by atoms with Crippen molar-refractivity contribution < 1.29 is 23.9 Å². The lowest BCUT2D eigenvalue weighted by molar-refractivity contribution is -0.159. The molecule has 1 aliphatic heterocycles. The molecule has 2 saturated carbocycles. The molecule has 142 valence electrons. The lowest BCUT2D eigenvalue weighted by atomic mass is 9.81. The molecule has 7 heteroatoms. The second kappa shape index (κ2) is 6.79. The number of carbonyl (C=O) groups is 4. The molecule has 3 amide bonds. The van der Waals surface area contributed by atoms with E-state index in [1.807, 2.05) is 6.07 Å². The Balaban J connectivity index is 1.35. The first kappa shape index (κ1) is 17.7. The van der Waals surface area contributed by atoms with Crippen LogP contribution in [-0.4, -0.2) is 41.2 Å². The van der Waals surface area contributed by atoms with E-state index < -0.39 is 24.5 Å². The average Bonchev–Trinajstić information content (AvgIpc) is 3.34. The Bertz CT molecular complexity index is 765. The number of nitrogens with zero attached hydrogens (tertiary/aromatic N) is 1. The third-order valence-electron chi connectivity index (χ3n) is 6.09. The molecule has 1 saturated heterocycles. The van der Waals surface area contributed by atoms with Crippen LogP contribution < -0.4 is 5.32 Å². The minimum Gasteiger partial charge on any atom is -0.454 e. The van der Waals surface area contributed by atoms with Crippen LogP contribution >= 0.6 is 0 Å². The quantitative estimate of drug-likeness (QED) is 0.628. The van der Waals surface area contributed by atoms with Crippen molar-refractivity contribution in [1.29, 1.82) is 0 Å². The van der Waals surface area contributed by atoms with Gasteiger partial charge in [-0.15, -0.1) is 0 Å². The molecule has 7 nitrogen and oxygen atoms in total. The maximum Gasteiger partial charge on any atom is 0.329 e. The number of carbonyl (C=O) groups excluding carboxylic acids is 4. The highest BCUT2D eigenvalue weighted by Crippen LogP contribution is 2.56. The molecule has 1 aromatic carbocycles. The lowest BCUT2D eigenvalue weighted by Gasteiger charge is -2.23. The maximum absolute atomic E-state index is 12.7. The van der Waals surface area contributed by atoms with Crippen LogP contribution in [-0.2, 0) is 23.9 Å². The normalized spacial score (nSPS) is 29.6. The fraction of sp³-hybridized carbons (Fsp3) is 0.500. The molecule has 2 bridgehead atoms. The van der Waals surface area contributed by atoms with E-state index >= 15 is 0 Å². The topological polar surface area (TPSA) is 92.8 Å². The number of likely N-dealkylation sites (tertiary alicyclic amines) is 1. The molecule has 0 spiro atoms. The second-order valence-corrected chi connectivity index (χ2v) is 7.63. The Morgan fingerprint density at radius 1 is 1.11 bits per heavy atom. The van der Waals surface area contributed by atoms with Gasteiger partial charge in [0.1, 0.15) is 6.04 Å². The van der Waals surface area contributed by atoms with E-state index in [4.69, 9.17) is 4.74 Å². The highest BCUT2D eigenvalue weighted by Gasteiger charge is 2.62. The number of benzene rings is 1. The molecule has 3 aliphatic rings. The van der Waals surface area contributed by atoms with Gasteiger partial charge in [0.25, 0.3) is 5.91 Å². The molecule has 4 rings (SSSR count). The fourth-order valence-electron chi connectivity index (χ4n) is 4.89. The summed E-state index contributed by atoms with van der Waals surface area (Å²) < 4.78 is 5.04. The third-order valence-corrected chi connectivity index (χ3v) is 6.09. The number of rotatable bonds is 5. The third kappa shape index (κ3) is 3.01. The van der Waals surface area contributed by atoms with Crippen LogP contribution in [0.15, 0.2) is 30.3 Å². The summed E-state index contributed by atoms with van der Waals surface area (Å²) in [7, 11) is 0. The number of hydrogen-bond donors (Lipinski definition) is 1. The zero-order chi connectivity index (χ0) is 19.1. The first-order chi connectivity index (χ1) is 13.0. The Morgan fingerprint density at radius 3 is 2.30 bits per heavy atom. The van der Waals surface area contributed by atoms with Gasteiger partial charge in [-0.25, -0.2) is 4.79 Å². The summed E-state index contributed by atoms with van der Waals surface area (Å²) in [5.41, 5.74) is 0.597. The number of anilines is 1. The zero-order valence-electron chi connectivity index (χ0n) is 15.1. The lowest BCUT2D eigenvalue weighted by Crippen LogP contribution is -2.45. The Labute approximate surface area is 157 Å². The minimum absolute atomic E-state index is 0.254. The van der Waals surface area contributed by atoms with E-state index in [-0.39, 0.29) is 35.5 Å². The van der Waals surface area contributed by atoms with Gasteiger partial charge >= 0.3 is 5.97 Å². The standard InChI is InChI=1S/C20H22N2O5/c1-11(20(26)27-10-15(23)21-14-5-3-2-4-6-14)22-18(24)16-12-7-8-13(9-12)17(16)19(22)25/h2-6,11-13,16-17H,7-10H2,1H3,(H,21,23)/t11-,12+,13+,16-,17-/m1/s1. The number of hydrogen-bond acceptors (Lipinski definition) is 5. The van der Waals surface area contributed by atoms with Crippen LogP contribution in [0.3, 0.4) is 0 Å². The molecular weight excluding hydrogens is 348 g/mol. The summed E-state index contributed by atoms with van der Waals surface area (Å²) in [6, 6.07) is 7.80. The van der Waals surface area contributed by atoms with Crippen LogP contribution in [0, 0.1) is 23.7 Å². The van der Waals surface area contributed by atoms with Gasteiger partial charge in [0, 0.05) is 5.69 Å². The summed E-state index contributed by atoms with van der Waals surface area (Å²) >= 11 is 0. The van der Waals surface area contributed by atoms with Crippen LogP contribution in [0.5, 0.6) is 0 Å². The van der Waals surface area contributed by atoms with Gasteiger partial charge in [-0.05, 0) is 50.2 Å². The summed E-state index contributed by atoms with van der Waals surface area (Å²) in [6.45, 7) is 1.02. The SMILES string of the molecule is C[C@H](C(=O)OCC(=O)Nc1ccccc1)N1C(=O)[C@@H]2[C@H]3CC[C@@H](C3)[C@H]2C1=O. The number of ether oxygens (including phenoxy) is 1. The van der Waals surface area contributed by atoms with E-state index in [2.05, 4.69) is 5.32 Å². The van der Waals surface area contributed by atoms with Crippen molar-refractivity contribution in [2.75, 3.05) is 11.9 Å². The monoisotopic (exact) mass is 370 g/mol. The predicted octanol–water partition coefficient (Wildman–Crippen LogP) is 1.59. The van der Waals surface area contributed by atoms with Crippen molar-refractivity contribution in [3.8, 4) is 0 Å². The second-order valence-electron chi connectivity index (χ2n) is 7.63. The van der Waals surface area contributed by atoms with Crippen molar-refractivity contribution >= 4 is 29.4 Å². The number of para-hydroxylation sites is 1. The molecule has 0 radical (unpaired) electrons. The van der Waals surface area contributed by atoms with Gasteiger partial charge in [0.15, 0.2) is 6.61 Å². The fourth-order valence-corrected chi connectivity index (χ4v) is 4.89. The van der Waals surface area contributed by atoms with Gasteiger partial charge < -0.3 is 10.1 Å². The van der Waals surface area contributed by atoms with Crippen LogP contribution in [0.25, 0.3) is 0 Å². The molecule has 27 heavy (non-hydrogen) atoms. The zero-order valence-corrected chi connectivity index (χ0v) is 15.1. The smallest absolute Gasteiger partial charge is 0.329 e. The van der Waals surface area contributed by atoms with Crippen LogP contribution in [0.4, 0.5) is 5.69 Å². The Kier molecular flexibility index (Phi) is 4.45. The molecule has 5 atom stereocenters. The van der Waals surface area contributed by atoms with Gasteiger partial charge in [-0.3, -0.25) is 19.3 Å². The molecule has 1 aromatic rings. The van der Waals surface area contributed by atoms with Crippen molar-refractivity contribution in [3.63, 3.8) is 0 Å². The summed E-state index contributed by atoms with van der Waals surface area (Å²) in [5.74, 6) is -1.74. The van der Waals surface area contributed by atoms with Gasteiger partial charge in [0.2, 0.25) is 11.8 Å². The summed E-state index contributed by atoms with van der Waals surface area (Å²) in [6.07, 6.45) is 2.91. The number of imide groups is 1. The Hall–Kier alpha value is -2.70. The molecule has 0 aromatic heterocycles. The molecule has 1 heterocycles. The molecule has 2 aliphatic carbocycles. The number of amides is 3. The summed E-state index contributed by atoms with van der Waals surface area (Å²) in [4.78, 5) is 50.8. The van der Waals surface area contributed by atoms with Crippen LogP contribution in [0.2, 0.25) is 0 Å². The van der Waals surface area contributed by atoms with Crippen molar-refractivity contribution in [2.45, 2.75) is 32.2 Å². The first-order valence-electron chi connectivity index (χ1n) is 9.36. The number of fused-ring (bicyclic) bond motifs is 5. The largest absolute Gasteiger partial charge is 0.454 e. The van der Waals surface area contributed by atoms with E-state index in [1.54, 1.807) is 24.3 Å². The molecule has 1 N–H and O–H groups in total. The van der Waals surface area contributed by atoms with Gasteiger partial charge in [0.05, 0.1) is 11.8 Å². The first-order valence-corrected chi connectivity index (χ1v) is 9.36. The van der Waals surface area contributed by atoms with Gasteiger partial charge in [-0.2, -0.15) is 0 Å². The van der Waals surface area contributed by atoms with E-state index in [0.717, 1.165) is 24.2 Å². The number of esters is 1. The maximum atomic E-state index is 12.7. The highest BCUT2D eigenvalue weighted by molar-refractivity contribution is 6.08. The predicted molar refractivity (Wildman–Crippen MR) is 95.2 cm³/mol. The molecular formula is C20H22N2O5. The van der Waals surface area contributed by atoms with Crippen molar-refractivity contribution in [3.05, 3.63) is 30.3 Å². The average molecular weight is 370 g/mol. The van der Waals surface area contributed by atoms with Crippen LogP contribution in [0.1, 0.15) is 26.2 Å². The number of nitrogens with one attached hydrogen (secondary N) is 1. The van der Waals surface area contributed by atoms with E-state index in [9.17, 15) is 19.2 Å². The molecule has 0 unspecified atom stereocenters. The summed E-state index contributed by atoms with van der Waals surface area (Å²) in [5, 5.41) is 2.61. The van der Waals surface area contributed by atoms with Crippen molar-refractivity contribution in [1.82, 2.24) is 4.90 Å². The highest BCUT2D eigenvalue weighted by atomic mass is 16.5. The minimum atomic E-state index is -1.01. The van der Waals surface area contributed by atoms with Crippen molar-refractivity contribution in [2.24, 2.45) is 23.7 Å². The van der Waals surface area contributed by atoms with Gasteiger partial charge in [-0.1, -0.05) is 18.2 Å². The molecule has 3 fully saturated rings. The Morgan fingerprint density at radius 2 is 1.70 bits per heavy atom.